The molecule has 7 nitrogen and oxygen atoms in total. The number of nitrogens with one attached hydrogen (secondary N) is 1. The second kappa shape index (κ2) is 11.3. The van der Waals surface area contributed by atoms with Gasteiger partial charge in [-0.15, -0.1) is 11.8 Å². The number of thiazole rings is 1. The largest absolute Gasteiger partial charge is 0.481 e. The number of urea groups is 1. The van der Waals surface area contributed by atoms with Gasteiger partial charge in [0.05, 0.1) is 16.2 Å². The number of nitrogens with zero attached hydrogens (tertiary/aromatic N) is 3. The summed E-state index contributed by atoms with van der Waals surface area (Å²) >= 11 is 2.52. The fourth-order valence-electron chi connectivity index (χ4n) is 3.66. The van der Waals surface area contributed by atoms with E-state index in [1.165, 1.54) is 23.1 Å². The molecule has 162 valence electrons. The highest BCUT2D eigenvalue weighted by Crippen LogP contribution is 2.30. The smallest absolute Gasteiger partial charge is 0.323 e. The van der Waals surface area contributed by atoms with E-state index in [1.54, 1.807) is 12.4 Å². The van der Waals surface area contributed by atoms with Crippen LogP contribution in [0.1, 0.15) is 44.7 Å². The van der Waals surface area contributed by atoms with E-state index in [-0.39, 0.29) is 17.8 Å². The SMILES string of the molecule is CC1CCC(N(CCCc2ccccn2)C(=O)Nc2ncc(SCC(=O)O)s2)CC1. The van der Waals surface area contributed by atoms with Gasteiger partial charge >= 0.3 is 12.0 Å². The van der Waals surface area contributed by atoms with E-state index in [0.29, 0.717) is 17.6 Å². The maximum absolute atomic E-state index is 13.1. The molecule has 30 heavy (non-hydrogen) atoms. The number of anilines is 1. The summed E-state index contributed by atoms with van der Waals surface area (Å²) in [5.74, 6) is -0.174. The number of hydrogen-bond acceptors (Lipinski definition) is 6. The van der Waals surface area contributed by atoms with E-state index < -0.39 is 5.97 Å². The maximum atomic E-state index is 13.1. The first-order valence-electron chi connectivity index (χ1n) is 10.3. The summed E-state index contributed by atoms with van der Waals surface area (Å²) in [6.07, 6.45) is 9.43. The molecule has 2 heterocycles. The van der Waals surface area contributed by atoms with Crippen LogP contribution in [0, 0.1) is 5.92 Å². The van der Waals surface area contributed by atoms with Crippen LogP contribution in [0.4, 0.5) is 9.93 Å². The average Bonchev–Trinajstić information content (AvgIpc) is 3.18. The van der Waals surface area contributed by atoms with E-state index in [4.69, 9.17) is 5.11 Å². The van der Waals surface area contributed by atoms with Gasteiger partial charge in [-0.25, -0.2) is 9.78 Å². The average molecular weight is 449 g/mol. The van der Waals surface area contributed by atoms with Gasteiger partial charge in [-0.05, 0) is 56.6 Å². The van der Waals surface area contributed by atoms with Crippen LogP contribution in [-0.4, -0.2) is 50.3 Å². The molecule has 0 aliphatic heterocycles. The second-order valence-corrected chi connectivity index (χ2v) is 9.93. The maximum Gasteiger partial charge on any atom is 0.323 e. The standard InChI is InChI=1S/C21H28N4O3S2/c1-15-7-9-17(10-8-15)25(12-4-6-16-5-2-3-11-22-16)21(28)24-20-23-13-19(30-20)29-14-18(26)27/h2-3,5,11,13,15,17H,4,6-10,12,14H2,1H3,(H,26,27)(H,23,24,28). The number of aryl methyl sites for hydroxylation is 1. The first kappa shape index (κ1) is 22.6. The third-order valence-electron chi connectivity index (χ3n) is 5.28. The fraction of sp³-hybridized carbons (Fsp3) is 0.524. The molecule has 1 saturated carbocycles. The number of aliphatic carboxylic acids is 1. The number of hydrogen-bond donors (Lipinski definition) is 2. The van der Waals surface area contributed by atoms with E-state index in [0.717, 1.165) is 48.4 Å². The molecule has 1 fully saturated rings. The number of pyridine rings is 1. The number of aromatic nitrogens is 2. The normalized spacial score (nSPS) is 18.7. The van der Waals surface area contributed by atoms with Crippen molar-refractivity contribution in [2.45, 2.75) is 55.7 Å². The van der Waals surface area contributed by atoms with Gasteiger partial charge in [0.25, 0.3) is 0 Å². The summed E-state index contributed by atoms with van der Waals surface area (Å²) in [6.45, 7) is 2.95. The summed E-state index contributed by atoms with van der Waals surface area (Å²) in [5, 5.41) is 12.2. The Labute approximate surface area is 185 Å². The van der Waals surface area contributed by atoms with Gasteiger partial charge in [-0.1, -0.05) is 24.3 Å². The zero-order valence-electron chi connectivity index (χ0n) is 17.1. The predicted molar refractivity (Wildman–Crippen MR) is 120 cm³/mol. The Hall–Kier alpha value is -2.13. The molecule has 0 bridgehead atoms. The molecular weight excluding hydrogens is 420 g/mol. The summed E-state index contributed by atoms with van der Waals surface area (Å²) in [7, 11) is 0. The molecule has 9 heteroatoms. The van der Waals surface area contributed by atoms with Crippen molar-refractivity contribution >= 4 is 40.2 Å². The van der Waals surface area contributed by atoms with Gasteiger partial charge < -0.3 is 10.0 Å². The first-order chi connectivity index (χ1) is 14.5. The van der Waals surface area contributed by atoms with Crippen LogP contribution < -0.4 is 5.32 Å². The topological polar surface area (TPSA) is 95.4 Å². The van der Waals surface area contributed by atoms with Crippen molar-refractivity contribution in [3.63, 3.8) is 0 Å². The van der Waals surface area contributed by atoms with Gasteiger partial charge in [0, 0.05) is 24.5 Å². The lowest BCUT2D eigenvalue weighted by Crippen LogP contribution is -2.45. The number of rotatable bonds is 9. The van der Waals surface area contributed by atoms with Crippen molar-refractivity contribution in [3.8, 4) is 0 Å². The zero-order valence-corrected chi connectivity index (χ0v) is 18.8. The highest BCUT2D eigenvalue weighted by atomic mass is 32.2. The molecule has 2 aromatic rings. The molecule has 1 aliphatic rings. The van der Waals surface area contributed by atoms with Crippen LogP contribution in [-0.2, 0) is 11.2 Å². The van der Waals surface area contributed by atoms with Gasteiger partial charge in [0.1, 0.15) is 0 Å². The van der Waals surface area contributed by atoms with Crippen molar-refractivity contribution in [1.82, 2.24) is 14.9 Å². The quantitative estimate of drug-likeness (QED) is 0.537. The second-order valence-electron chi connectivity index (χ2n) is 7.63. The Morgan fingerprint density at radius 3 is 2.77 bits per heavy atom. The summed E-state index contributed by atoms with van der Waals surface area (Å²) in [4.78, 5) is 34.4. The molecule has 0 saturated heterocycles. The number of carbonyl (C=O) groups is 2. The van der Waals surface area contributed by atoms with E-state index in [9.17, 15) is 9.59 Å². The lowest BCUT2D eigenvalue weighted by Gasteiger charge is -2.36. The highest BCUT2D eigenvalue weighted by molar-refractivity contribution is 8.01. The van der Waals surface area contributed by atoms with Crippen molar-refractivity contribution in [2.24, 2.45) is 5.92 Å². The molecule has 0 spiro atoms. The molecule has 3 rings (SSSR count). The molecule has 0 atom stereocenters. The van der Waals surface area contributed by atoms with Gasteiger partial charge in [0.2, 0.25) is 0 Å². The lowest BCUT2D eigenvalue weighted by molar-refractivity contribution is -0.133. The van der Waals surface area contributed by atoms with Crippen molar-refractivity contribution < 1.29 is 14.7 Å². The third-order valence-corrected chi connectivity index (χ3v) is 7.37. The lowest BCUT2D eigenvalue weighted by atomic mass is 9.86. The minimum atomic E-state index is -0.871. The summed E-state index contributed by atoms with van der Waals surface area (Å²) in [5.41, 5.74) is 1.04. The Morgan fingerprint density at radius 1 is 1.27 bits per heavy atom. The van der Waals surface area contributed by atoms with Gasteiger partial charge in [0.15, 0.2) is 5.13 Å². The van der Waals surface area contributed by atoms with Crippen LogP contribution in [0.15, 0.2) is 34.8 Å². The molecule has 0 radical (unpaired) electrons. The van der Waals surface area contributed by atoms with Crippen LogP contribution in [0.2, 0.25) is 0 Å². The molecular formula is C21H28N4O3S2. The Balaban J connectivity index is 1.60. The van der Waals surface area contributed by atoms with Crippen LogP contribution in [0.5, 0.6) is 0 Å². The Bertz CT molecular complexity index is 823. The molecule has 2 N–H and O–H groups in total. The fourth-order valence-corrected chi connectivity index (χ4v) is 5.24. The van der Waals surface area contributed by atoms with Crippen LogP contribution >= 0.6 is 23.1 Å². The predicted octanol–water partition coefficient (Wildman–Crippen LogP) is 4.76. The molecule has 2 amide bonds. The first-order valence-corrected chi connectivity index (χ1v) is 12.1. The van der Waals surface area contributed by atoms with E-state index in [2.05, 4.69) is 22.2 Å². The monoisotopic (exact) mass is 448 g/mol. The van der Waals surface area contributed by atoms with Gasteiger partial charge in [-0.2, -0.15) is 0 Å². The number of amides is 2. The highest BCUT2D eigenvalue weighted by Gasteiger charge is 2.27. The molecule has 1 aliphatic carbocycles. The van der Waals surface area contributed by atoms with Crippen LogP contribution in [0.25, 0.3) is 0 Å². The molecule has 0 aromatic carbocycles. The Kier molecular flexibility index (Phi) is 8.50. The summed E-state index contributed by atoms with van der Waals surface area (Å²) in [6, 6.07) is 6.02. The number of carbonyl (C=O) groups excluding carboxylic acids is 1. The van der Waals surface area contributed by atoms with Crippen molar-refractivity contribution in [1.29, 1.82) is 0 Å². The van der Waals surface area contributed by atoms with Crippen LogP contribution in [0.3, 0.4) is 0 Å². The minimum absolute atomic E-state index is 0.0184. The summed E-state index contributed by atoms with van der Waals surface area (Å²) < 4.78 is 0.779. The molecule has 2 aromatic heterocycles. The minimum Gasteiger partial charge on any atom is -0.481 e. The van der Waals surface area contributed by atoms with Gasteiger partial charge in [-0.3, -0.25) is 15.1 Å². The third kappa shape index (κ3) is 6.98. The zero-order chi connectivity index (χ0) is 21.3. The van der Waals surface area contributed by atoms with Crippen molar-refractivity contribution in [2.75, 3.05) is 17.6 Å². The number of thioether (sulfide) groups is 1. The number of carboxylic acid groups (broad SMARTS) is 1. The molecule has 0 unspecified atom stereocenters. The van der Waals surface area contributed by atoms with E-state index in [1.807, 2.05) is 23.1 Å². The number of carboxylic acids is 1. The van der Waals surface area contributed by atoms with Crippen molar-refractivity contribution in [3.05, 3.63) is 36.3 Å². The van der Waals surface area contributed by atoms with E-state index >= 15 is 0 Å². The Morgan fingerprint density at radius 2 is 2.07 bits per heavy atom.